The second-order valence-electron chi connectivity index (χ2n) is 2.90. The van der Waals surface area contributed by atoms with Crippen molar-refractivity contribution in [2.45, 2.75) is 0 Å². The third-order valence-corrected chi connectivity index (χ3v) is 1.96. The van der Waals surface area contributed by atoms with Gasteiger partial charge in [-0.05, 0) is 18.2 Å². The van der Waals surface area contributed by atoms with E-state index in [1.807, 2.05) is 6.07 Å². The Bertz CT molecular complexity index is 581. The molecule has 0 spiro atoms. The second kappa shape index (κ2) is 3.76. The van der Waals surface area contributed by atoms with E-state index in [-0.39, 0.29) is 5.56 Å². The van der Waals surface area contributed by atoms with Gasteiger partial charge in [-0.25, -0.2) is 4.98 Å². The first-order valence-corrected chi connectivity index (χ1v) is 4.36. The number of pyridine rings is 2. The van der Waals surface area contributed by atoms with Crippen LogP contribution in [0.3, 0.4) is 0 Å². The van der Waals surface area contributed by atoms with Crippen molar-refractivity contribution in [3.05, 3.63) is 58.6 Å². The van der Waals surface area contributed by atoms with Crippen LogP contribution in [-0.4, -0.2) is 9.55 Å². The summed E-state index contributed by atoms with van der Waals surface area (Å²) in [5.41, 5.74) is 0.179. The van der Waals surface area contributed by atoms with E-state index < -0.39 is 0 Å². The van der Waals surface area contributed by atoms with Gasteiger partial charge in [0.25, 0.3) is 5.56 Å². The zero-order valence-corrected chi connectivity index (χ0v) is 7.79. The minimum atomic E-state index is -0.201. The largest absolute Gasteiger partial charge is 0.269 e. The molecule has 0 amide bonds. The number of nitrogens with zero attached hydrogens (tertiary/aromatic N) is 3. The van der Waals surface area contributed by atoms with Crippen LogP contribution in [0.5, 0.6) is 0 Å². The van der Waals surface area contributed by atoms with Crippen LogP contribution in [0.15, 0.2) is 47.5 Å². The molecular weight excluding hydrogens is 190 g/mol. The maximum absolute atomic E-state index is 11.5. The van der Waals surface area contributed by atoms with Gasteiger partial charge in [0.1, 0.15) is 6.07 Å². The molecule has 0 N–H and O–H groups in total. The van der Waals surface area contributed by atoms with Gasteiger partial charge in [-0.15, -0.1) is 0 Å². The Hall–Kier alpha value is -2.41. The lowest BCUT2D eigenvalue weighted by molar-refractivity contribution is 0.935. The molecule has 15 heavy (non-hydrogen) atoms. The topological polar surface area (TPSA) is 58.7 Å². The first-order chi connectivity index (χ1) is 7.33. The van der Waals surface area contributed by atoms with Crippen LogP contribution in [0.25, 0.3) is 5.82 Å². The molecule has 0 saturated heterocycles. The highest BCUT2D eigenvalue weighted by molar-refractivity contribution is 5.42. The number of rotatable bonds is 1. The third kappa shape index (κ3) is 1.63. The highest BCUT2D eigenvalue weighted by Gasteiger charge is 2.04. The Kier molecular flexibility index (Phi) is 2.30. The molecule has 0 aromatic carbocycles. The minimum absolute atomic E-state index is 0.201. The lowest BCUT2D eigenvalue weighted by Gasteiger charge is -2.04. The molecule has 0 aliphatic carbocycles. The molecule has 0 aliphatic rings. The summed E-state index contributed by atoms with van der Waals surface area (Å²) in [5.74, 6) is 0.366. The average Bonchev–Trinajstić information content (AvgIpc) is 2.30. The average molecular weight is 197 g/mol. The molecule has 2 aromatic rings. The van der Waals surface area contributed by atoms with Crippen molar-refractivity contribution in [1.82, 2.24) is 9.55 Å². The zero-order chi connectivity index (χ0) is 10.7. The molecule has 0 unspecified atom stereocenters. The summed E-state index contributed by atoms with van der Waals surface area (Å²) in [4.78, 5) is 15.5. The Morgan fingerprint density at radius 1 is 1.27 bits per heavy atom. The maximum atomic E-state index is 11.5. The van der Waals surface area contributed by atoms with E-state index in [2.05, 4.69) is 4.98 Å². The second-order valence-corrected chi connectivity index (χ2v) is 2.90. The summed E-state index contributed by atoms with van der Waals surface area (Å²) in [7, 11) is 0. The van der Waals surface area contributed by atoms with Crippen LogP contribution in [0.4, 0.5) is 0 Å². The first kappa shape index (κ1) is 9.16. The van der Waals surface area contributed by atoms with Gasteiger partial charge < -0.3 is 0 Å². The van der Waals surface area contributed by atoms with Crippen LogP contribution in [0.2, 0.25) is 0 Å². The van der Waals surface area contributed by atoms with Gasteiger partial charge in [-0.1, -0.05) is 6.07 Å². The standard InChI is InChI=1S/C11H7N3O/c12-8-9-4-3-6-13-11(9)14-7-2-1-5-10(14)15/h1-7H. The summed E-state index contributed by atoms with van der Waals surface area (Å²) in [5, 5.41) is 8.87. The zero-order valence-electron chi connectivity index (χ0n) is 7.79. The third-order valence-electron chi connectivity index (χ3n) is 1.96. The molecule has 0 aliphatic heterocycles. The van der Waals surface area contributed by atoms with Crippen LogP contribution in [0.1, 0.15) is 5.56 Å². The molecule has 0 saturated carbocycles. The van der Waals surface area contributed by atoms with Crippen molar-refractivity contribution >= 4 is 0 Å². The normalized spacial score (nSPS) is 9.53. The number of hydrogen-bond acceptors (Lipinski definition) is 3. The van der Waals surface area contributed by atoms with Gasteiger partial charge in [0, 0.05) is 18.5 Å². The van der Waals surface area contributed by atoms with Gasteiger partial charge >= 0.3 is 0 Å². The SMILES string of the molecule is N#Cc1cccnc1-n1ccccc1=O. The smallest absolute Gasteiger partial charge is 0.256 e. The Morgan fingerprint density at radius 3 is 2.87 bits per heavy atom. The molecule has 0 atom stereocenters. The maximum Gasteiger partial charge on any atom is 0.256 e. The van der Waals surface area contributed by atoms with Crippen molar-refractivity contribution in [2.24, 2.45) is 0 Å². The molecule has 72 valence electrons. The molecule has 2 heterocycles. The van der Waals surface area contributed by atoms with E-state index in [9.17, 15) is 4.79 Å². The van der Waals surface area contributed by atoms with Gasteiger partial charge in [-0.3, -0.25) is 9.36 Å². The fourth-order valence-corrected chi connectivity index (χ4v) is 1.28. The van der Waals surface area contributed by atoms with E-state index in [1.165, 1.54) is 10.6 Å². The quantitative estimate of drug-likeness (QED) is 0.687. The number of aromatic nitrogens is 2. The van der Waals surface area contributed by atoms with Gasteiger partial charge in [0.2, 0.25) is 0 Å². The fraction of sp³-hybridized carbons (Fsp3) is 0. The van der Waals surface area contributed by atoms with Crippen LogP contribution in [0, 0.1) is 11.3 Å². The van der Waals surface area contributed by atoms with Gasteiger partial charge in [0.15, 0.2) is 5.82 Å². The number of nitriles is 1. The Morgan fingerprint density at radius 2 is 2.13 bits per heavy atom. The van der Waals surface area contributed by atoms with Crippen LogP contribution < -0.4 is 5.56 Å². The summed E-state index contributed by atoms with van der Waals surface area (Å²) in [6, 6.07) is 10.1. The van der Waals surface area contributed by atoms with Gasteiger partial charge in [0.05, 0.1) is 5.56 Å². The first-order valence-electron chi connectivity index (χ1n) is 4.36. The highest BCUT2D eigenvalue weighted by atomic mass is 16.1. The fourth-order valence-electron chi connectivity index (χ4n) is 1.28. The molecule has 0 bridgehead atoms. The minimum Gasteiger partial charge on any atom is -0.269 e. The molecule has 2 aromatic heterocycles. The van der Waals surface area contributed by atoms with Crippen molar-refractivity contribution in [3.63, 3.8) is 0 Å². The molecular formula is C11H7N3O. The van der Waals surface area contributed by atoms with E-state index in [0.717, 1.165) is 0 Å². The van der Waals surface area contributed by atoms with Crippen molar-refractivity contribution in [2.75, 3.05) is 0 Å². The van der Waals surface area contributed by atoms with Gasteiger partial charge in [-0.2, -0.15) is 5.26 Å². The molecule has 0 fully saturated rings. The highest BCUT2D eigenvalue weighted by Crippen LogP contribution is 2.06. The Labute approximate surface area is 86.1 Å². The summed E-state index contributed by atoms with van der Waals surface area (Å²) in [6.45, 7) is 0. The predicted molar refractivity (Wildman–Crippen MR) is 54.5 cm³/mol. The Balaban J connectivity index is 2.71. The van der Waals surface area contributed by atoms with Crippen LogP contribution in [-0.2, 0) is 0 Å². The van der Waals surface area contributed by atoms with E-state index in [4.69, 9.17) is 5.26 Å². The predicted octanol–water partition coefficient (Wildman–Crippen LogP) is 1.10. The number of hydrogen-bond donors (Lipinski definition) is 0. The summed E-state index contributed by atoms with van der Waals surface area (Å²) >= 11 is 0. The lowest BCUT2D eigenvalue weighted by Crippen LogP contribution is -2.17. The summed E-state index contributed by atoms with van der Waals surface area (Å²) in [6.07, 6.45) is 3.14. The van der Waals surface area contributed by atoms with Crippen molar-refractivity contribution in [3.8, 4) is 11.9 Å². The molecule has 0 radical (unpaired) electrons. The molecule has 4 heteroatoms. The van der Waals surface area contributed by atoms with Crippen LogP contribution >= 0.6 is 0 Å². The van der Waals surface area contributed by atoms with E-state index in [0.29, 0.717) is 11.4 Å². The summed E-state index contributed by atoms with van der Waals surface area (Å²) < 4.78 is 1.35. The monoisotopic (exact) mass is 197 g/mol. The van der Waals surface area contributed by atoms with E-state index in [1.54, 1.807) is 36.7 Å². The lowest BCUT2D eigenvalue weighted by atomic mass is 10.3. The molecule has 4 nitrogen and oxygen atoms in total. The molecule has 2 rings (SSSR count). The van der Waals surface area contributed by atoms with E-state index >= 15 is 0 Å². The van der Waals surface area contributed by atoms with Crippen molar-refractivity contribution < 1.29 is 0 Å². The van der Waals surface area contributed by atoms with Crippen molar-refractivity contribution in [1.29, 1.82) is 5.26 Å².